The standard InChI is InChI=1S/C18H29N/c1-3-18(14-16-10-6-4-7-11-16)19-15(2)17-12-8-5-9-13-17/h4,6-7,10-11,15,17-19H,3,5,8-9,12-14H2,1-2H3. The molecule has 2 atom stereocenters. The topological polar surface area (TPSA) is 12.0 Å². The predicted molar refractivity (Wildman–Crippen MR) is 83.4 cm³/mol. The first-order valence-corrected chi connectivity index (χ1v) is 8.09. The summed E-state index contributed by atoms with van der Waals surface area (Å²) >= 11 is 0. The predicted octanol–water partition coefficient (Wildman–Crippen LogP) is 4.57. The van der Waals surface area contributed by atoms with Crippen LogP contribution in [0.25, 0.3) is 0 Å². The maximum absolute atomic E-state index is 3.88. The van der Waals surface area contributed by atoms with E-state index in [1.165, 1.54) is 44.1 Å². The molecule has 0 heterocycles. The van der Waals surface area contributed by atoms with Gasteiger partial charge in [-0.3, -0.25) is 0 Å². The maximum atomic E-state index is 3.88. The highest BCUT2D eigenvalue weighted by molar-refractivity contribution is 5.15. The minimum Gasteiger partial charge on any atom is -0.311 e. The lowest BCUT2D eigenvalue weighted by atomic mass is 9.84. The van der Waals surface area contributed by atoms with E-state index in [4.69, 9.17) is 0 Å². The van der Waals surface area contributed by atoms with Crippen LogP contribution in [0.3, 0.4) is 0 Å². The second-order valence-corrected chi connectivity index (χ2v) is 6.15. The van der Waals surface area contributed by atoms with Crippen molar-refractivity contribution in [2.45, 2.75) is 70.9 Å². The quantitative estimate of drug-likeness (QED) is 0.789. The Labute approximate surface area is 118 Å². The molecule has 2 unspecified atom stereocenters. The molecule has 1 aliphatic carbocycles. The van der Waals surface area contributed by atoms with Crippen LogP contribution in [0.5, 0.6) is 0 Å². The average molecular weight is 259 g/mol. The summed E-state index contributed by atoms with van der Waals surface area (Å²) in [7, 11) is 0. The summed E-state index contributed by atoms with van der Waals surface area (Å²) in [6, 6.07) is 12.2. The second-order valence-electron chi connectivity index (χ2n) is 6.15. The van der Waals surface area contributed by atoms with Crippen LogP contribution in [0.2, 0.25) is 0 Å². The fraction of sp³-hybridized carbons (Fsp3) is 0.667. The Bertz CT molecular complexity index is 340. The van der Waals surface area contributed by atoms with E-state index in [0.717, 1.165) is 12.3 Å². The van der Waals surface area contributed by atoms with Gasteiger partial charge in [0, 0.05) is 12.1 Å². The summed E-state index contributed by atoms with van der Waals surface area (Å²) in [4.78, 5) is 0. The van der Waals surface area contributed by atoms with Crippen molar-refractivity contribution >= 4 is 0 Å². The molecular formula is C18H29N. The van der Waals surface area contributed by atoms with Gasteiger partial charge in [-0.2, -0.15) is 0 Å². The highest BCUT2D eigenvalue weighted by atomic mass is 14.9. The van der Waals surface area contributed by atoms with Crippen LogP contribution in [-0.2, 0) is 6.42 Å². The SMILES string of the molecule is CCC(Cc1ccccc1)NC(C)C1CCCCC1. The van der Waals surface area contributed by atoms with Crippen molar-refractivity contribution in [2.75, 3.05) is 0 Å². The number of rotatable bonds is 6. The first kappa shape index (κ1) is 14.6. The second kappa shape index (κ2) is 7.69. The van der Waals surface area contributed by atoms with Crippen molar-refractivity contribution in [2.24, 2.45) is 5.92 Å². The van der Waals surface area contributed by atoms with Gasteiger partial charge < -0.3 is 5.32 Å². The van der Waals surface area contributed by atoms with Gasteiger partial charge in [0.2, 0.25) is 0 Å². The van der Waals surface area contributed by atoms with Crippen LogP contribution in [0, 0.1) is 5.92 Å². The van der Waals surface area contributed by atoms with Crippen molar-refractivity contribution in [3.8, 4) is 0 Å². The Kier molecular flexibility index (Phi) is 5.91. The van der Waals surface area contributed by atoms with Gasteiger partial charge in [0.15, 0.2) is 0 Å². The number of hydrogen-bond donors (Lipinski definition) is 1. The summed E-state index contributed by atoms with van der Waals surface area (Å²) in [6.07, 6.45) is 9.55. The summed E-state index contributed by atoms with van der Waals surface area (Å²) in [5, 5.41) is 3.88. The molecule has 0 bridgehead atoms. The molecule has 0 spiro atoms. The zero-order valence-corrected chi connectivity index (χ0v) is 12.6. The van der Waals surface area contributed by atoms with Crippen molar-refractivity contribution in [3.05, 3.63) is 35.9 Å². The molecule has 1 nitrogen and oxygen atoms in total. The van der Waals surface area contributed by atoms with Gasteiger partial charge in [0.1, 0.15) is 0 Å². The number of benzene rings is 1. The molecule has 0 saturated heterocycles. The lowest BCUT2D eigenvalue weighted by Crippen LogP contribution is -2.42. The molecule has 19 heavy (non-hydrogen) atoms. The molecule has 1 fully saturated rings. The molecule has 1 aromatic carbocycles. The summed E-state index contributed by atoms with van der Waals surface area (Å²) < 4.78 is 0. The number of hydrogen-bond acceptors (Lipinski definition) is 1. The first-order valence-electron chi connectivity index (χ1n) is 8.09. The van der Waals surface area contributed by atoms with Gasteiger partial charge in [-0.1, -0.05) is 56.5 Å². The third-order valence-corrected chi connectivity index (χ3v) is 4.67. The molecule has 0 amide bonds. The van der Waals surface area contributed by atoms with E-state index in [9.17, 15) is 0 Å². The van der Waals surface area contributed by atoms with Gasteiger partial charge in [-0.05, 0) is 44.1 Å². The van der Waals surface area contributed by atoms with Crippen LogP contribution < -0.4 is 5.32 Å². The van der Waals surface area contributed by atoms with Gasteiger partial charge >= 0.3 is 0 Å². The van der Waals surface area contributed by atoms with E-state index < -0.39 is 0 Å². The largest absolute Gasteiger partial charge is 0.311 e. The zero-order chi connectivity index (χ0) is 13.5. The lowest BCUT2D eigenvalue weighted by molar-refractivity contribution is 0.261. The third-order valence-electron chi connectivity index (χ3n) is 4.67. The Morgan fingerprint density at radius 1 is 1.11 bits per heavy atom. The minimum atomic E-state index is 0.624. The first-order chi connectivity index (χ1) is 9.29. The van der Waals surface area contributed by atoms with Gasteiger partial charge in [0.25, 0.3) is 0 Å². The average Bonchev–Trinajstić information content (AvgIpc) is 2.48. The Morgan fingerprint density at radius 3 is 2.42 bits per heavy atom. The van der Waals surface area contributed by atoms with Crippen molar-refractivity contribution < 1.29 is 0 Å². The smallest absolute Gasteiger partial charge is 0.0107 e. The van der Waals surface area contributed by atoms with E-state index in [0.29, 0.717) is 12.1 Å². The van der Waals surface area contributed by atoms with Crippen LogP contribution in [-0.4, -0.2) is 12.1 Å². The monoisotopic (exact) mass is 259 g/mol. The highest BCUT2D eigenvalue weighted by Crippen LogP contribution is 2.26. The third kappa shape index (κ3) is 4.65. The molecule has 106 valence electrons. The van der Waals surface area contributed by atoms with Crippen LogP contribution in [0.1, 0.15) is 57.9 Å². The van der Waals surface area contributed by atoms with Crippen LogP contribution in [0.4, 0.5) is 0 Å². The number of nitrogens with one attached hydrogen (secondary N) is 1. The van der Waals surface area contributed by atoms with Crippen LogP contribution in [0.15, 0.2) is 30.3 Å². The van der Waals surface area contributed by atoms with Gasteiger partial charge in [0.05, 0.1) is 0 Å². The fourth-order valence-corrected chi connectivity index (χ4v) is 3.36. The fourth-order valence-electron chi connectivity index (χ4n) is 3.36. The molecule has 0 radical (unpaired) electrons. The van der Waals surface area contributed by atoms with Crippen molar-refractivity contribution in [1.82, 2.24) is 5.32 Å². The van der Waals surface area contributed by atoms with Gasteiger partial charge in [-0.15, -0.1) is 0 Å². The molecule has 1 N–H and O–H groups in total. The van der Waals surface area contributed by atoms with E-state index in [1.807, 2.05) is 0 Å². The lowest BCUT2D eigenvalue weighted by Gasteiger charge is -2.31. The molecule has 2 rings (SSSR count). The normalized spacial score (nSPS) is 20.1. The molecule has 1 saturated carbocycles. The van der Waals surface area contributed by atoms with E-state index in [-0.39, 0.29) is 0 Å². The van der Waals surface area contributed by atoms with Gasteiger partial charge in [-0.25, -0.2) is 0 Å². The summed E-state index contributed by atoms with van der Waals surface area (Å²) in [5.41, 5.74) is 1.46. The molecular weight excluding hydrogens is 230 g/mol. The summed E-state index contributed by atoms with van der Waals surface area (Å²) in [5.74, 6) is 0.901. The molecule has 1 heteroatoms. The Morgan fingerprint density at radius 2 is 1.79 bits per heavy atom. The highest BCUT2D eigenvalue weighted by Gasteiger charge is 2.21. The molecule has 1 aliphatic rings. The Balaban J connectivity index is 1.84. The molecule has 0 aromatic heterocycles. The van der Waals surface area contributed by atoms with E-state index >= 15 is 0 Å². The van der Waals surface area contributed by atoms with E-state index in [2.05, 4.69) is 49.5 Å². The maximum Gasteiger partial charge on any atom is 0.0107 e. The van der Waals surface area contributed by atoms with E-state index in [1.54, 1.807) is 0 Å². The van der Waals surface area contributed by atoms with Crippen molar-refractivity contribution in [1.29, 1.82) is 0 Å². The van der Waals surface area contributed by atoms with Crippen molar-refractivity contribution in [3.63, 3.8) is 0 Å². The molecule has 0 aliphatic heterocycles. The van der Waals surface area contributed by atoms with Crippen LogP contribution >= 0.6 is 0 Å². The molecule has 1 aromatic rings. The zero-order valence-electron chi connectivity index (χ0n) is 12.6. The summed E-state index contributed by atoms with van der Waals surface area (Å²) in [6.45, 7) is 4.69. The minimum absolute atomic E-state index is 0.624. The Hall–Kier alpha value is -0.820.